The molecule has 6 rings (SSSR count). The summed E-state index contributed by atoms with van der Waals surface area (Å²) >= 11 is 0. The smallest absolute Gasteiger partial charge is 0.312 e. The third-order valence-corrected chi connectivity index (χ3v) is 7.13. The van der Waals surface area contributed by atoms with Crippen LogP contribution in [0.2, 0.25) is 0 Å². The molecule has 0 spiro atoms. The lowest BCUT2D eigenvalue weighted by Gasteiger charge is -2.25. The third kappa shape index (κ3) is 3.89. The van der Waals surface area contributed by atoms with Crippen LogP contribution in [0.1, 0.15) is 45.0 Å². The molecule has 0 bridgehead atoms. The molecule has 9 heteroatoms. The molecule has 3 aromatic carbocycles. The Bertz CT molecular complexity index is 1810. The van der Waals surface area contributed by atoms with Gasteiger partial charge in [-0.3, -0.25) is 14.4 Å². The first-order valence-electron chi connectivity index (χ1n) is 12.5. The van der Waals surface area contributed by atoms with E-state index in [1.165, 1.54) is 27.6 Å². The molecule has 0 fully saturated rings. The second-order valence-corrected chi connectivity index (χ2v) is 9.47. The van der Waals surface area contributed by atoms with Gasteiger partial charge in [0.1, 0.15) is 17.1 Å². The van der Waals surface area contributed by atoms with Crippen molar-refractivity contribution in [1.82, 2.24) is 0 Å². The minimum Gasteiger partial charge on any atom is -0.493 e. The number of carbonyl (C=O) groups is 2. The minimum atomic E-state index is -0.741. The fraction of sp³-hybridized carbons (Fsp3) is 0.194. The molecule has 0 N–H and O–H groups in total. The van der Waals surface area contributed by atoms with Crippen LogP contribution >= 0.6 is 0 Å². The number of carbonyl (C=O) groups excluding carboxylic acids is 2. The van der Waals surface area contributed by atoms with Crippen molar-refractivity contribution in [2.75, 3.05) is 21.3 Å². The van der Waals surface area contributed by atoms with E-state index < -0.39 is 11.9 Å². The van der Waals surface area contributed by atoms with Crippen molar-refractivity contribution < 1.29 is 37.7 Å². The van der Waals surface area contributed by atoms with E-state index >= 15 is 0 Å². The Morgan fingerprint density at radius 3 is 2.45 bits per heavy atom. The maximum absolute atomic E-state index is 13.6. The van der Waals surface area contributed by atoms with E-state index in [4.69, 9.17) is 28.1 Å². The van der Waals surface area contributed by atoms with Gasteiger partial charge in [0.25, 0.3) is 0 Å². The summed E-state index contributed by atoms with van der Waals surface area (Å²) in [5.74, 6) is 0.0655. The van der Waals surface area contributed by atoms with Gasteiger partial charge in [0.05, 0.1) is 45.0 Å². The standard InChI is InChI=1S/C31H24O9/c1-15-5-8-21-19(11-15)27(33)20(14-38-21)18-13-25(32)39-22-10-7-17-28(34)24(40-30(17)26(18)22)12-16-6-9-23(35-2)31(37-4)29(16)36-3/h5-12,14,18H,13H2,1-4H3/b24-12-/t18-/m0/s1. The largest absolute Gasteiger partial charge is 0.493 e. The number of benzene rings is 3. The fourth-order valence-electron chi connectivity index (χ4n) is 5.25. The SMILES string of the molecule is COc1ccc(/C=C2\Oc3c(ccc4c3[C@H](c3coc5ccc(C)cc5c3=O)CC(=O)O4)C2=O)c(OC)c1OC. The lowest BCUT2D eigenvalue weighted by Crippen LogP contribution is -2.25. The Morgan fingerprint density at radius 1 is 0.900 bits per heavy atom. The Labute approximate surface area is 228 Å². The Hall–Kier alpha value is -5.05. The third-order valence-electron chi connectivity index (χ3n) is 7.13. The molecule has 2 aliphatic rings. The topological polar surface area (TPSA) is 111 Å². The number of fused-ring (bicyclic) bond motifs is 4. The van der Waals surface area contributed by atoms with Crippen molar-refractivity contribution >= 4 is 28.8 Å². The molecule has 0 saturated carbocycles. The van der Waals surface area contributed by atoms with Crippen LogP contribution in [0, 0.1) is 6.92 Å². The monoisotopic (exact) mass is 540 g/mol. The normalized spacial score (nSPS) is 16.8. The maximum Gasteiger partial charge on any atom is 0.312 e. The first-order valence-corrected chi connectivity index (χ1v) is 12.5. The van der Waals surface area contributed by atoms with Gasteiger partial charge in [0, 0.05) is 22.6 Å². The molecule has 0 saturated heterocycles. The van der Waals surface area contributed by atoms with E-state index in [0.29, 0.717) is 39.3 Å². The van der Waals surface area contributed by atoms with Crippen LogP contribution in [-0.4, -0.2) is 33.1 Å². The maximum atomic E-state index is 13.6. The van der Waals surface area contributed by atoms with Gasteiger partial charge in [-0.1, -0.05) is 11.6 Å². The lowest BCUT2D eigenvalue weighted by atomic mass is 9.85. The van der Waals surface area contributed by atoms with Gasteiger partial charge in [-0.15, -0.1) is 0 Å². The van der Waals surface area contributed by atoms with Gasteiger partial charge in [-0.2, -0.15) is 0 Å². The number of Topliss-reactive ketones (excluding diaryl/α,β-unsaturated/α-hetero) is 1. The van der Waals surface area contributed by atoms with Gasteiger partial charge in [0.2, 0.25) is 11.5 Å². The van der Waals surface area contributed by atoms with Crippen molar-refractivity contribution in [1.29, 1.82) is 0 Å². The summed E-state index contributed by atoms with van der Waals surface area (Å²) in [5, 5.41) is 0.406. The van der Waals surface area contributed by atoms with Gasteiger partial charge >= 0.3 is 5.97 Å². The Balaban J connectivity index is 1.48. The van der Waals surface area contributed by atoms with E-state index in [2.05, 4.69) is 0 Å². The van der Waals surface area contributed by atoms with Crippen LogP contribution in [0.4, 0.5) is 0 Å². The number of hydrogen-bond donors (Lipinski definition) is 0. The quantitative estimate of drug-likeness (QED) is 0.192. The molecule has 0 amide bonds. The number of ketones is 1. The number of ether oxygens (including phenoxy) is 5. The van der Waals surface area contributed by atoms with Crippen LogP contribution in [0.5, 0.6) is 28.7 Å². The Kier molecular flexibility index (Phi) is 6.06. The predicted octanol–water partition coefficient (Wildman–Crippen LogP) is 5.18. The molecule has 0 aliphatic carbocycles. The molecule has 1 atom stereocenters. The second-order valence-electron chi connectivity index (χ2n) is 9.47. The van der Waals surface area contributed by atoms with Gasteiger partial charge < -0.3 is 28.1 Å². The molecule has 1 aromatic heterocycles. The zero-order chi connectivity index (χ0) is 28.1. The highest BCUT2D eigenvalue weighted by molar-refractivity contribution is 6.15. The van der Waals surface area contributed by atoms with Crippen LogP contribution in [0.15, 0.2) is 63.7 Å². The molecule has 4 aromatic rings. The van der Waals surface area contributed by atoms with E-state index in [0.717, 1.165) is 5.56 Å². The van der Waals surface area contributed by atoms with E-state index in [9.17, 15) is 14.4 Å². The van der Waals surface area contributed by atoms with Crippen molar-refractivity contribution in [2.45, 2.75) is 19.3 Å². The second kappa shape index (κ2) is 9.60. The van der Waals surface area contributed by atoms with Crippen molar-refractivity contribution in [2.24, 2.45) is 0 Å². The molecule has 0 unspecified atom stereocenters. The van der Waals surface area contributed by atoms with Crippen molar-refractivity contribution in [3.8, 4) is 28.7 Å². The molecule has 2 aliphatic heterocycles. The predicted molar refractivity (Wildman–Crippen MR) is 145 cm³/mol. The van der Waals surface area contributed by atoms with E-state index in [1.807, 2.05) is 13.0 Å². The summed E-state index contributed by atoms with van der Waals surface area (Å²) in [6.07, 6.45) is 2.80. The average molecular weight is 541 g/mol. The number of hydrogen-bond acceptors (Lipinski definition) is 9. The zero-order valence-electron chi connectivity index (χ0n) is 22.2. The Morgan fingerprint density at radius 2 is 1.70 bits per heavy atom. The lowest BCUT2D eigenvalue weighted by molar-refractivity contribution is -0.135. The zero-order valence-corrected chi connectivity index (χ0v) is 22.2. The average Bonchev–Trinajstić information content (AvgIpc) is 3.27. The van der Waals surface area contributed by atoms with Crippen LogP contribution in [0.25, 0.3) is 17.0 Å². The molecule has 0 radical (unpaired) electrons. The number of allylic oxidation sites excluding steroid dienone is 1. The van der Waals surface area contributed by atoms with Crippen LogP contribution < -0.4 is 29.1 Å². The van der Waals surface area contributed by atoms with Crippen molar-refractivity contribution in [3.05, 3.63) is 92.5 Å². The summed E-state index contributed by atoms with van der Waals surface area (Å²) in [6.45, 7) is 1.88. The number of esters is 1. The molecule has 9 nitrogen and oxygen atoms in total. The molecule has 40 heavy (non-hydrogen) atoms. The highest BCUT2D eigenvalue weighted by Gasteiger charge is 2.40. The number of methoxy groups -OCH3 is 3. The molecular weight excluding hydrogens is 516 g/mol. The molecular formula is C31H24O9. The van der Waals surface area contributed by atoms with Gasteiger partial charge in [0.15, 0.2) is 22.7 Å². The highest BCUT2D eigenvalue weighted by atomic mass is 16.5. The van der Waals surface area contributed by atoms with Gasteiger partial charge in [-0.25, -0.2) is 0 Å². The molecule has 3 heterocycles. The minimum absolute atomic E-state index is 0.0331. The first kappa shape index (κ1) is 25.2. The fourth-order valence-corrected chi connectivity index (χ4v) is 5.25. The summed E-state index contributed by atoms with van der Waals surface area (Å²) < 4.78 is 33.8. The summed E-state index contributed by atoms with van der Waals surface area (Å²) in [5.41, 5.74) is 2.61. The van der Waals surface area contributed by atoms with E-state index in [-0.39, 0.29) is 46.0 Å². The highest BCUT2D eigenvalue weighted by Crippen LogP contribution is 2.49. The van der Waals surface area contributed by atoms with Crippen LogP contribution in [-0.2, 0) is 4.79 Å². The summed E-state index contributed by atoms with van der Waals surface area (Å²) in [4.78, 5) is 39.6. The summed E-state index contributed by atoms with van der Waals surface area (Å²) in [6, 6.07) is 11.8. The van der Waals surface area contributed by atoms with Gasteiger partial charge in [-0.05, 0) is 49.4 Å². The first-order chi connectivity index (χ1) is 19.3. The number of rotatable bonds is 5. The van der Waals surface area contributed by atoms with E-state index in [1.54, 1.807) is 42.5 Å². The number of aryl methyl sites for hydroxylation is 1. The summed E-state index contributed by atoms with van der Waals surface area (Å²) in [7, 11) is 4.49. The van der Waals surface area contributed by atoms with Crippen molar-refractivity contribution in [3.63, 3.8) is 0 Å². The van der Waals surface area contributed by atoms with Crippen LogP contribution in [0.3, 0.4) is 0 Å². The molecule has 202 valence electrons.